The van der Waals surface area contributed by atoms with Crippen LogP contribution in [-0.4, -0.2) is 50.0 Å². The highest BCUT2D eigenvalue weighted by Crippen LogP contribution is 2.32. The van der Waals surface area contributed by atoms with Gasteiger partial charge in [-0.2, -0.15) is 10.2 Å². The zero-order valence-electron chi connectivity index (χ0n) is 13.8. The third-order valence-electron chi connectivity index (χ3n) is 4.10. The monoisotopic (exact) mass is 333 g/mol. The Morgan fingerprint density at radius 1 is 1.33 bits per heavy atom. The number of amides is 1. The second-order valence-corrected chi connectivity index (χ2v) is 5.69. The number of rotatable bonds is 4. The van der Waals surface area contributed by atoms with E-state index in [1.54, 1.807) is 41.0 Å². The van der Waals surface area contributed by atoms with Crippen molar-refractivity contribution in [2.24, 2.45) is 14.1 Å². The summed E-state index contributed by atoms with van der Waals surface area (Å²) in [4.78, 5) is 26.9. The van der Waals surface area contributed by atoms with Crippen molar-refractivity contribution in [1.82, 2.24) is 19.6 Å². The van der Waals surface area contributed by atoms with E-state index in [4.69, 9.17) is 0 Å². The predicted octanol–water partition coefficient (Wildman–Crippen LogP) is 0.477. The minimum Gasteiger partial charge on any atom is -0.340 e. The van der Waals surface area contributed by atoms with Crippen molar-refractivity contribution < 1.29 is 9.72 Å². The van der Waals surface area contributed by atoms with E-state index < -0.39 is 4.92 Å². The molecule has 3 rings (SSSR count). The van der Waals surface area contributed by atoms with Gasteiger partial charge in [0.2, 0.25) is 11.7 Å². The lowest BCUT2D eigenvalue weighted by atomic mass is 10.2. The van der Waals surface area contributed by atoms with Crippen LogP contribution >= 0.6 is 0 Å². The largest absolute Gasteiger partial charge is 0.340 e. The Hall–Kier alpha value is -2.91. The molecule has 3 heterocycles. The smallest absolute Gasteiger partial charge is 0.334 e. The number of nitro groups is 1. The van der Waals surface area contributed by atoms with Crippen LogP contribution in [0.2, 0.25) is 0 Å². The van der Waals surface area contributed by atoms with Gasteiger partial charge in [0, 0.05) is 33.4 Å². The van der Waals surface area contributed by atoms with Gasteiger partial charge in [0.25, 0.3) is 0 Å². The van der Waals surface area contributed by atoms with E-state index in [9.17, 15) is 14.9 Å². The van der Waals surface area contributed by atoms with Crippen LogP contribution in [0, 0.1) is 10.1 Å². The molecule has 2 aromatic heterocycles. The Kier molecular flexibility index (Phi) is 3.96. The van der Waals surface area contributed by atoms with Crippen LogP contribution in [0.25, 0.3) is 0 Å². The fourth-order valence-electron chi connectivity index (χ4n) is 3.01. The molecule has 2 aromatic rings. The van der Waals surface area contributed by atoms with Crippen LogP contribution in [-0.2, 0) is 25.3 Å². The van der Waals surface area contributed by atoms with Crippen LogP contribution in [0.4, 0.5) is 17.2 Å². The first kappa shape index (κ1) is 16.0. The molecular formula is C14H19N7O3. The van der Waals surface area contributed by atoms with Crippen LogP contribution in [0.15, 0.2) is 12.4 Å². The van der Waals surface area contributed by atoms with E-state index >= 15 is 0 Å². The normalized spacial score (nSPS) is 15.2. The molecular weight excluding hydrogens is 314 g/mol. The minimum atomic E-state index is -0.418. The number of hydrogen-bond acceptors (Lipinski definition) is 6. The average Bonchev–Trinajstić information content (AvgIpc) is 3.10. The SMILES string of the molecule is CCc1nn(C)c(N2CCN(c3cnn(C)c3)C(=O)C2)c1[N+](=O)[O-]. The molecule has 0 N–H and O–H groups in total. The maximum Gasteiger partial charge on any atom is 0.334 e. The third-order valence-corrected chi connectivity index (χ3v) is 4.10. The Labute approximate surface area is 138 Å². The maximum absolute atomic E-state index is 12.5. The van der Waals surface area contributed by atoms with Gasteiger partial charge in [-0.3, -0.25) is 19.6 Å². The van der Waals surface area contributed by atoms with E-state index in [1.807, 2.05) is 6.92 Å². The molecule has 0 bridgehead atoms. The van der Waals surface area contributed by atoms with Crippen molar-refractivity contribution in [3.05, 3.63) is 28.2 Å². The summed E-state index contributed by atoms with van der Waals surface area (Å²) >= 11 is 0. The van der Waals surface area contributed by atoms with Crippen molar-refractivity contribution in [3.63, 3.8) is 0 Å². The lowest BCUT2D eigenvalue weighted by Crippen LogP contribution is -2.51. The van der Waals surface area contributed by atoms with Gasteiger partial charge < -0.3 is 9.80 Å². The highest BCUT2D eigenvalue weighted by molar-refractivity contribution is 5.97. The Balaban J connectivity index is 1.88. The number of aromatic nitrogens is 4. The fourth-order valence-corrected chi connectivity index (χ4v) is 3.01. The zero-order valence-corrected chi connectivity index (χ0v) is 13.8. The van der Waals surface area contributed by atoms with Gasteiger partial charge in [-0.05, 0) is 6.42 Å². The third kappa shape index (κ3) is 2.59. The molecule has 24 heavy (non-hydrogen) atoms. The second-order valence-electron chi connectivity index (χ2n) is 5.69. The lowest BCUT2D eigenvalue weighted by molar-refractivity contribution is -0.384. The molecule has 1 amide bonds. The molecule has 0 atom stereocenters. The molecule has 1 aliphatic rings. The van der Waals surface area contributed by atoms with E-state index in [0.29, 0.717) is 31.0 Å². The Bertz CT molecular complexity index is 794. The van der Waals surface area contributed by atoms with E-state index in [-0.39, 0.29) is 18.1 Å². The van der Waals surface area contributed by atoms with Gasteiger partial charge in [-0.1, -0.05) is 6.92 Å². The zero-order chi connectivity index (χ0) is 17.4. The number of hydrogen-bond donors (Lipinski definition) is 0. The van der Waals surface area contributed by atoms with Gasteiger partial charge in [-0.25, -0.2) is 4.68 Å². The summed E-state index contributed by atoms with van der Waals surface area (Å²) in [7, 11) is 3.45. The van der Waals surface area contributed by atoms with Gasteiger partial charge >= 0.3 is 5.69 Å². The summed E-state index contributed by atoms with van der Waals surface area (Å²) in [5.74, 6) is 0.263. The molecule has 0 aliphatic carbocycles. The summed E-state index contributed by atoms with van der Waals surface area (Å²) in [5, 5.41) is 19.7. The van der Waals surface area contributed by atoms with E-state index in [1.165, 1.54) is 4.68 Å². The molecule has 10 heteroatoms. The molecule has 0 aromatic carbocycles. The van der Waals surface area contributed by atoms with Crippen molar-refractivity contribution in [3.8, 4) is 0 Å². The molecule has 10 nitrogen and oxygen atoms in total. The molecule has 0 spiro atoms. The first-order valence-electron chi connectivity index (χ1n) is 7.66. The molecule has 0 radical (unpaired) electrons. The highest BCUT2D eigenvalue weighted by Gasteiger charge is 2.34. The summed E-state index contributed by atoms with van der Waals surface area (Å²) in [6, 6.07) is 0. The van der Waals surface area contributed by atoms with Crippen LogP contribution in [0.5, 0.6) is 0 Å². The van der Waals surface area contributed by atoms with Crippen molar-refractivity contribution in [2.45, 2.75) is 13.3 Å². The summed E-state index contributed by atoms with van der Waals surface area (Å²) in [6.07, 6.45) is 3.87. The number of carbonyl (C=O) groups is 1. The molecule has 128 valence electrons. The molecule has 1 fully saturated rings. The molecule has 0 unspecified atom stereocenters. The first-order valence-corrected chi connectivity index (χ1v) is 7.66. The first-order chi connectivity index (χ1) is 11.4. The van der Waals surface area contributed by atoms with Crippen molar-refractivity contribution >= 4 is 23.1 Å². The Morgan fingerprint density at radius 2 is 2.08 bits per heavy atom. The summed E-state index contributed by atoms with van der Waals surface area (Å²) in [5.41, 5.74) is 1.15. The number of nitrogens with zero attached hydrogens (tertiary/aromatic N) is 7. The topological polar surface area (TPSA) is 102 Å². The number of piperazine rings is 1. The molecule has 0 saturated carbocycles. The van der Waals surface area contributed by atoms with Crippen LogP contribution in [0.3, 0.4) is 0 Å². The molecule has 1 aliphatic heterocycles. The van der Waals surface area contributed by atoms with Gasteiger partial charge in [-0.15, -0.1) is 0 Å². The molecule has 1 saturated heterocycles. The van der Waals surface area contributed by atoms with Gasteiger partial charge in [0.05, 0.1) is 23.4 Å². The van der Waals surface area contributed by atoms with Crippen LogP contribution < -0.4 is 9.80 Å². The quantitative estimate of drug-likeness (QED) is 0.595. The van der Waals surface area contributed by atoms with Crippen molar-refractivity contribution in [2.75, 3.05) is 29.4 Å². The lowest BCUT2D eigenvalue weighted by Gasteiger charge is -2.34. The average molecular weight is 333 g/mol. The number of anilines is 2. The standard InChI is InChI=1S/C14H19N7O3/c1-4-11-13(21(23)24)14(18(3)16-11)19-5-6-20(12(22)9-19)10-7-15-17(2)8-10/h7-8H,4-6,9H2,1-3H3. The van der Waals surface area contributed by atoms with Crippen molar-refractivity contribution in [1.29, 1.82) is 0 Å². The van der Waals surface area contributed by atoms with Gasteiger partial charge in [0.15, 0.2) is 0 Å². The second kappa shape index (κ2) is 5.95. The van der Waals surface area contributed by atoms with Gasteiger partial charge in [0.1, 0.15) is 5.69 Å². The summed E-state index contributed by atoms with van der Waals surface area (Å²) in [6.45, 7) is 2.82. The summed E-state index contributed by atoms with van der Waals surface area (Å²) < 4.78 is 3.12. The van der Waals surface area contributed by atoms with E-state index in [2.05, 4.69) is 10.2 Å². The predicted molar refractivity (Wildman–Crippen MR) is 87.0 cm³/mol. The fraction of sp³-hybridized carbons (Fsp3) is 0.500. The Morgan fingerprint density at radius 3 is 2.62 bits per heavy atom. The number of aryl methyl sites for hydroxylation is 3. The van der Waals surface area contributed by atoms with E-state index in [0.717, 1.165) is 5.69 Å². The highest BCUT2D eigenvalue weighted by atomic mass is 16.6. The van der Waals surface area contributed by atoms with Crippen LogP contribution in [0.1, 0.15) is 12.6 Å². The minimum absolute atomic E-state index is 0.0115. The maximum atomic E-state index is 12.5. The number of carbonyl (C=O) groups excluding carboxylic acids is 1.